The van der Waals surface area contributed by atoms with Crippen LogP contribution in [0.2, 0.25) is 0 Å². The number of rotatable bonds is 4. The summed E-state index contributed by atoms with van der Waals surface area (Å²) in [7, 11) is 0. The largest absolute Gasteiger partial charge is 0.444 e. The molecule has 0 radical (unpaired) electrons. The number of nitrogens with one attached hydrogen (secondary N) is 1. The lowest BCUT2D eigenvalue weighted by atomic mass is 9.64. The molecule has 142 valence electrons. The van der Waals surface area contributed by atoms with Crippen LogP contribution in [-0.4, -0.2) is 18.2 Å². The van der Waals surface area contributed by atoms with Crippen molar-refractivity contribution >= 4 is 6.09 Å². The lowest BCUT2D eigenvalue weighted by molar-refractivity contribution is 0.0524. The van der Waals surface area contributed by atoms with Crippen molar-refractivity contribution < 1.29 is 9.53 Å². The SMILES string of the molecule is CC(C)(C)OC(=O)NCC[C@H]1CC[C@H]2c3c(-c4ccccc4)cccc3[C@@H]12. The second kappa shape index (κ2) is 7.03. The molecule has 2 aromatic rings. The summed E-state index contributed by atoms with van der Waals surface area (Å²) in [6.07, 6.45) is 3.22. The minimum atomic E-state index is -0.441. The Labute approximate surface area is 162 Å². The molecule has 0 aliphatic heterocycles. The Kier molecular flexibility index (Phi) is 4.71. The van der Waals surface area contributed by atoms with Gasteiger partial charge < -0.3 is 10.1 Å². The van der Waals surface area contributed by atoms with Crippen molar-refractivity contribution in [3.05, 3.63) is 59.7 Å². The monoisotopic (exact) mass is 363 g/mol. The highest BCUT2D eigenvalue weighted by Crippen LogP contribution is 2.62. The summed E-state index contributed by atoms with van der Waals surface area (Å²) in [5.74, 6) is 2.00. The van der Waals surface area contributed by atoms with Crippen LogP contribution < -0.4 is 5.32 Å². The smallest absolute Gasteiger partial charge is 0.407 e. The van der Waals surface area contributed by atoms with Gasteiger partial charge in [-0.25, -0.2) is 4.79 Å². The molecule has 0 bridgehead atoms. The van der Waals surface area contributed by atoms with Crippen molar-refractivity contribution in [2.24, 2.45) is 5.92 Å². The highest BCUT2D eigenvalue weighted by molar-refractivity contribution is 5.73. The molecule has 27 heavy (non-hydrogen) atoms. The molecular weight excluding hydrogens is 334 g/mol. The number of hydrogen-bond acceptors (Lipinski definition) is 2. The molecule has 0 unspecified atom stereocenters. The highest BCUT2D eigenvalue weighted by Gasteiger charge is 2.47. The first-order valence-corrected chi connectivity index (χ1v) is 10.1. The normalized spacial score (nSPS) is 23.1. The predicted octanol–water partition coefficient (Wildman–Crippen LogP) is 5.86. The van der Waals surface area contributed by atoms with Gasteiger partial charge in [0.1, 0.15) is 5.60 Å². The van der Waals surface area contributed by atoms with E-state index < -0.39 is 5.60 Å². The Hall–Kier alpha value is -2.29. The second-order valence-electron chi connectivity index (χ2n) is 8.86. The molecule has 4 rings (SSSR count). The van der Waals surface area contributed by atoms with E-state index in [0.717, 1.165) is 6.42 Å². The third-order valence-electron chi connectivity index (χ3n) is 5.93. The van der Waals surface area contributed by atoms with Crippen LogP contribution in [0.3, 0.4) is 0 Å². The summed E-state index contributed by atoms with van der Waals surface area (Å²) in [4.78, 5) is 11.9. The molecular formula is C24H29NO2. The van der Waals surface area contributed by atoms with E-state index in [1.54, 1.807) is 5.56 Å². The number of fused-ring (bicyclic) bond motifs is 4. The van der Waals surface area contributed by atoms with Gasteiger partial charge in [-0.05, 0) is 80.0 Å². The summed E-state index contributed by atoms with van der Waals surface area (Å²) in [6, 6.07) is 17.5. The number of hydrogen-bond donors (Lipinski definition) is 1. The van der Waals surface area contributed by atoms with E-state index in [2.05, 4.69) is 53.8 Å². The zero-order chi connectivity index (χ0) is 19.0. The third-order valence-corrected chi connectivity index (χ3v) is 5.93. The fraction of sp³-hybridized carbons (Fsp3) is 0.458. The van der Waals surface area contributed by atoms with Crippen LogP contribution in [-0.2, 0) is 4.74 Å². The standard InChI is InChI=1S/C24H29NO2/c1-24(2,3)27-23(26)25-15-14-17-12-13-20-21(17)19-11-7-10-18(22(19)20)16-8-5-4-6-9-16/h4-11,17,20-21H,12-15H2,1-3H3,(H,25,26)/t17-,20-,21-/m1/s1. The van der Waals surface area contributed by atoms with Gasteiger partial charge in [0.25, 0.3) is 0 Å². The van der Waals surface area contributed by atoms with Crippen LogP contribution in [0.15, 0.2) is 48.5 Å². The second-order valence-corrected chi connectivity index (χ2v) is 8.86. The Morgan fingerprint density at radius 2 is 1.85 bits per heavy atom. The van der Waals surface area contributed by atoms with Crippen molar-refractivity contribution in [1.29, 1.82) is 0 Å². The molecule has 1 fully saturated rings. The van der Waals surface area contributed by atoms with Crippen LogP contribution in [0.25, 0.3) is 11.1 Å². The molecule has 2 aromatic carbocycles. The summed E-state index contributed by atoms with van der Waals surface area (Å²) >= 11 is 0. The molecule has 0 spiro atoms. The van der Waals surface area contributed by atoms with E-state index >= 15 is 0 Å². The minimum absolute atomic E-state index is 0.308. The zero-order valence-electron chi connectivity index (χ0n) is 16.5. The maximum absolute atomic E-state index is 11.9. The van der Waals surface area contributed by atoms with Crippen molar-refractivity contribution in [1.82, 2.24) is 5.32 Å². The summed E-state index contributed by atoms with van der Waals surface area (Å²) in [5, 5.41) is 2.93. The first-order valence-electron chi connectivity index (χ1n) is 10.1. The molecule has 3 atom stereocenters. The van der Waals surface area contributed by atoms with Gasteiger partial charge in [-0.15, -0.1) is 0 Å². The molecule has 2 aliphatic carbocycles. The molecule has 0 saturated heterocycles. The van der Waals surface area contributed by atoms with Gasteiger partial charge in [0.15, 0.2) is 0 Å². The average Bonchev–Trinajstić information content (AvgIpc) is 2.96. The lowest BCUT2D eigenvalue weighted by Gasteiger charge is -2.40. The maximum Gasteiger partial charge on any atom is 0.407 e. The summed E-state index contributed by atoms with van der Waals surface area (Å²) in [5.41, 5.74) is 5.38. The molecule has 2 aliphatic rings. The number of benzene rings is 2. The average molecular weight is 364 g/mol. The number of carbonyl (C=O) groups is 1. The van der Waals surface area contributed by atoms with E-state index in [9.17, 15) is 4.79 Å². The quantitative estimate of drug-likeness (QED) is 0.739. The molecule has 3 heteroatoms. The topological polar surface area (TPSA) is 38.3 Å². The van der Waals surface area contributed by atoms with Crippen LogP contribution >= 0.6 is 0 Å². The first-order chi connectivity index (χ1) is 12.9. The van der Waals surface area contributed by atoms with Gasteiger partial charge in [0, 0.05) is 6.54 Å². The van der Waals surface area contributed by atoms with Gasteiger partial charge >= 0.3 is 6.09 Å². The Morgan fingerprint density at radius 1 is 1.07 bits per heavy atom. The van der Waals surface area contributed by atoms with Gasteiger partial charge in [0.05, 0.1) is 0 Å². The van der Waals surface area contributed by atoms with Crippen molar-refractivity contribution in [3.63, 3.8) is 0 Å². The van der Waals surface area contributed by atoms with Crippen LogP contribution in [0.5, 0.6) is 0 Å². The molecule has 0 heterocycles. The van der Waals surface area contributed by atoms with E-state index in [1.165, 1.54) is 29.5 Å². The van der Waals surface area contributed by atoms with Gasteiger partial charge in [-0.2, -0.15) is 0 Å². The zero-order valence-corrected chi connectivity index (χ0v) is 16.5. The molecule has 1 amide bonds. The fourth-order valence-electron chi connectivity index (χ4n) is 4.93. The van der Waals surface area contributed by atoms with Crippen LogP contribution in [0.4, 0.5) is 4.79 Å². The van der Waals surface area contributed by atoms with Crippen LogP contribution in [0.1, 0.15) is 63.0 Å². The third kappa shape index (κ3) is 3.60. The summed E-state index contributed by atoms with van der Waals surface area (Å²) < 4.78 is 5.34. The van der Waals surface area contributed by atoms with Crippen LogP contribution in [0, 0.1) is 5.92 Å². The van der Waals surface area contributed by atoms with Crippen molar-refractivity contribution in [2.75, 3.05) is 6.54 Å². The molecule has 1 saturated carbocycles. The minimum Gasteiger partial charge on any atom is -0.444 e. The molecule has 1 N–H and O–H groups in total. The Morgan fingerprint density at radius 3 is 2.59 bits per heavy atom. The summed E-state index contributed by atoms with van der Waals surface area (Å²) in [6.45, 7) is 6.37. The number of carbonyl (C=O) groups excluding carboxylic acids is 1. The predicted molar refractivity (Wildman–Crippen MR) is 109 cm³/mol. The van der Waals surface area contributed by atoms with E-state index in [1.807, 2.05) is 20.8 Å². The van der Waals surface area contributed by atoms with Gasteiger partial charge in [-0.3, -0.25) is 0 Å². The van der Waals surface area contributed by atoms with Gasteiger partial charge in [0.2, 0.25) is 0 Å². The number of ether oxygens (including phenoxy) is 1. The Balaban J connectivity index is 1.42. The number of alkyl carbamates (subject to hydrolysis) is 1. The maximum atomic E-state index is 11.9. The van der Waals surface area contributed by atoms with Crippen molar-refractivity contribution in [2.45, 2.75) is 57.5 Å². The van der Waals surface area contributed by atoms with E-state index in [0.29, 0.717) is 24.3 Å². The van der Waals surface area contributed by atoms with Crippen molar-refractivity contribution in [3.8, 4) is 11.1 Å². The highest BCUT2D eigenvalue weighted by atomic mass is 16.6. The molecule has 0 aromatic heterocycles. The molecule has 3 nitrogen and oxygen atoms in total. The van der Waals surface area contributed by atoms with E-state index in [4.69, 9.17) is 4.74 Å². The first kappa shape index (κ1) is 18.1. The number of amides is 1. The fourth-order valence-corrected chi connectivity index (χ4v) is 4.93. The van der Waals surface area contributed by atoms with E-state index in [-0.39, 0.29) is 6.09 Å². The van der Waals surface area contributed by atoms with Gasteiger partial charge in [-0.1, -0.05) is 48.5 Å². The Bertz CT molecular complexity index is 822. The lowest BCUT2D eigenvalue weighted by Crippen LogP contribution is -2.34.